The number of benzene rings is 1. The van der Waals surface area contributed by atoms with Crippen LogP contribution in [0.25, 0.3) is 0 Å². The minimum Gasteiger partial charge on any atom is -0.263 e. The molecule has 1 aromatic heterocycles. The standard InChI is InChI=1S/C13H13Cl2N3O2S/c1-7-4-8(2)12(9(3)5-7)21(19,20)18-11-6-10(14)16-13(15)17-11/h4-6H,1-3H3,(H,16,17,18). The Labute approximate surface area is 133 Å². The fourth-order valence-corrected chi connectivity index (χ4v) is 4.08. The van der Waals surface area contributed by atoms with Crippen molar-refractivity contribution in [3.05, 3.63) is 45.3 Å². The molecule has 0 radical (unpaired) electrons. The average molecular weight is 346 g/mol. The number of rotatable bonds is 3. The molecule has 21 heavy (non-hydrogen) atoms. The average Bonchev–Trinajstić information content (AvgIpc) is 2.23. The Morgan fingerprint density at radius 2 is 1.57 bits per heavy atom. The Kier molecular flexibility index (Phi) is 4.41. The van der Waals surface area contributed by atoms with E-state index in [-0.39, 0.29) is 21.2 Å². The molecule has 5 nitrogen and oxygen atoms in total. The van der Waals surface area contributed by atoms with E-state index >= 15 is 0 Å². The van der Waals surface area contributed by atoms with E-state index in [1.54, 1.807) is 13.8 Å². The topological polar surface area (TPSA) is 72.0 Å². The van der Waals surface area contributed by atoms with Gasteiger partial charge in [-0.25, -0.2) is 13.4 Å². The molecule has 0 aliphatic rings. The van der Waals surface area contributed by atoms with Gasteiger partial charge in [-0.1, -0.05) is 29.3 Å². The van der Waals surface area contributed by atoms with Gasteiger partial charge in [0.25, 0.3) is 10.0 Å². The van der Waals surface area contributed by atoms with E-state index in [9.17, 15) is 8.42 Å². The molecular weight excluding hydrogens is 333 g/mol. The molecule has 0 saturated heterocycles. The maximum absolute atomic E-state index is 12.5. The quantitative estimate of drug-likeness (QED) is 0.682. The first-order valence-corrected chi connectivity index (χ1v) is 8.24. The van der Waals surface area contributed by atoms with E-state index in [4.69, 9.17) is 23.2 Å². The molecule has 0 unspecified atom stereocenters. The zero-order chi connectivity index (χ0) is 15.8. The Morgan fingerprint density at radius 3 is 2.10 bits per heavy atom. The lowest BCUT2D eigenvalue weighted by molar-refractivity contribution is 0.600. The van der Waals surface area contributed by atoms with Gasteiger partial charge in [0.2, 0.25) is 5.28 Å². The van der Waals surface area contributed by atoms with Gasteiger partial charge in [0.05, 0.1) is 4.90 Å². The first kappa shape index (κ1) is 16.0. The molecule has 1 heterocycles. The molecule has 0 saturated carbocycles. The molecule has 0 aliphatic heterocycles. The predicted octanol–water partition coefficient (Wildman–Crippen LogP) is 3.51. The largest absolute Gasteiger partial charge is 0.263 e. The highest BCUT2D eigenvalue weighted by atomic mass is 35.5. The molecule has 0 spiro atoms. The van der Waals surface area contributed by atoms with Crippen molar-refractivity contribution in [1.82, 2.24) is 9.97 Å². The van der Waals surface area contributed by atoms with Crippen molar-refractivity contribution in [1.29, 1.82) is 0 Å². The lowest BCUT2D eigenvalue weighted by Crippen LogP contribution is -2.17. The van der Waals surface area contributed by atoms with Crippen molar-refractivity contribution in [2.24, 2.45) is 0 Å². The molecule has 0 bridgehead atoms. The Bertz CT molecular complexity index is 764. The van der Waals surface area contributed by atoms with Gasteiger partial charge >= 0.3 is 0 Å². The van der Waals surface area contributed by atoms with Gasteiger partial charge < -0.3 is 0 Å². The van der Waals surface area contributed by atoms with E-state index in [2.05, 4.69) is 14.7 Å². The summed E-state index contributed by atoms with van der Waals surface area (Å²) in [5, 5.41) is -0.0670. The van der Waals surface area contributed by atoms with E-state index in [1.807, 2.05) is 19.1 Å². The third-order valence-electron chi connectivity index (χ3n) is 2.78. The number of sulfonamides is 1. The van der Waals surface area contributed by atoms with Crippen LogP contribution < -0.4 is 4.72 Å². The molecule has 1 aromatic carbocycles. The summed E-state index contributed by atoms with van der Waals surface area (Å²) >= 11 is 11.4. The SMILES string of the molecule is Cc1cc(C)c(S(=O)(=O)Nc2cc(Cl)nc(Cl)n2)c(C)c1. The number of aryl methyl sites for hydroxylation is 3. The number of aromatic nitrogens is 2. The van der Waals surface area contributed by atoms with Crippen LogP contribution in [0.1, 0.15) is 16.7 Å². The number of hydrogen-bond acceptors (Lipinski definition) is 4. The van der Waals surface area contributed by atoms with Gasteiger partial charge in [-0.3, -0.25) is 4.72 Å². The van der Waals surface area contributed by atoms with Crippen molar-refractivity contribution in [3.63, 3.8) is 0 Å². The van der Waals surface area contributed by atoms with Crippen molar-refractivity contribution >= 4 is 39.0 Å². The predicted molar refractivity (Wildman–Crippen MR) is 83.5 cm³/mol. The zero-order valence-corrected chi connectivity index (χ0v) is 13.9. The monoisotopic (exact) mass is 345 g/mol. The summed E-state index contributed by atoms with van der Waals surface area (Å²) in [6.07, 6.45) is 0. The summed E-state index contributed by atoms with van der Waals surface area (Å²) in [7, 11) is -3.78. The third-order valence-corrected chi connectivity index (χ3v) is 4.80. The lowest BCUT2D eigenvalue weighted by Gasteiger charge is -2.13. The molecule has 0 atom stereocenters. The lowest BCUT2D eigenvalue weighted by atomic mass is 10.1. The molecule has 2 aromatic rings. The van der Waals surface area contributed by atoms with Gasteiger partial charge in [0.1, 0.15) is 11.0 Å². The Hall–Kier alpha value is -1.37. The number of nitrogens with one attached hydrogen (secondary N) is 1. The van der Waals surface area contributed by atoms with Gasteiger partial charge in [-0.2, -0.15) is 4.98 Å². The van der Waals surface area contributed by atoms with Gasteiger partial charge in [0, 0.05) is 6.07 Å². The minimum absolute atomic E-state index is 0.0272. The van der Waals surface area contributed by atoms with E-state index in [1.165, 1.54) is 6.07 Å². The molecular formula is C13H13Cl2N3O2S. The van der Waals surface area contributed by atoms with Crippen molar-refractivity contribution < 1.29 is 8.42 Å². The number of anilines is 1. The van der Waals surface area contributed by atoms with Crippen LogP contribution in [-0.2, 0) is 10.0 Å². The van der Waals surface area contributed by atoms with Crippen LogP contribution in [0.4, 0.5) is 5.82 Å². The van der Waals surface area contributed by atoms with Crippen LogP contribution in [0.3, 0.4) is 0 Å². The van der Waals surface area contributed by atoms with Crippen molar-refractivity contribution in [2.75, 3.05) is 4.72 Å². The molecule has 0 amide bonds. The Morgan fingerprint density at radius 1 is 1.00 bits per heavy atom. The molecule has 0 aliphatic carbocycles. The van der Waals surface area contributed by atoms with Gasteiger partial charge in [-0.15, -0.1) is 0 Å². The Balaban J connectivity index is 2.48. The molecule has 0 fully saturated rings. The first-order chi connectivity index (χ1) is 9.69. The molecule has 8 heteroatoms. The minimum atomic E-state index is -3.78. The van der Waals surface area contributed by atoms with Crippen molar-refractivity contribution in [3.8, 4) is 0 Å². The number of hydrogen-bond donors (Lipinski definition) is 1. The summed E-state index contributed by atoms with van der Waals surface area (Å²) < 4.78 is 27.4. The van der Waals surface area contributed by atoms with E-state index in [0.29, 0.717) is 11.1 Å². The zero-order valence-electron chi connectivity index (χ0n) is 11.6. The van der Waals surface area contributed by atoms with Crippen LogP contribution in [0.2, 0.25) is 10.4 Å². The van der Waals surface area contributed by atoms with Crippen LogP contribution >= 0.6 is 23.2 Å². The highest BCUT2D eigenvalue weighted by Crippen LogP contribution is 2.24. The van der Waals surface area contributed by atoms with Crippen LogP contribution in [0, 0.1) is 20.8 Å². The summed E-state index contributed by atoms with van der Waals surface area (Å²) in [5.41, 5.74) is 2.31. The van der Waals surface area contributed by atoms with Gasteiger partial charge in [-0.05, 0) is 43.5 Å². The summed E-state index contributed by atoms with van der Waals surface area (Å²) in [4.78, 5) is 7.69. The molecule has 1 N–H and O–H groups in total. The second-order valence-corrected chi connectivity index (χ2v) is 7.02. The fourth-order valence-electron chi connectivity index (χ4n) is 2.22. The third kappa shape index (κ3) is 3.64. The highest BCUT2D eigenvalue weighted by molar-refractivity contribution is 7.92. The second-order valence-electron chi connectivity index (χ2n) is 4.68. The summed E-state index contributed by atoms with van der Waals surface area (Å²) in [5.74, 6) is 0.0272. The smallest absolute Gasteiger partial charge is 0.263 e. The summed E-state index contributed by atoms with van der Waals surface area (Å²) in [6.45, 7) is 5.40. The van der Waals surface area contributed by atoms with Crippen LogP contribution in [-0.4, -0.2) is 18.4 Å². The van der Waals surface area contributed by atoms with E-state index in [0.717, 1.165) is 5.56 Å². The number of nitrogens with zero attached hydrogens (tertiary/aromatic N) is 2. The van der Waals surface area contributed by atoms with E-state index < -0.39 is 10.0 Å². The normalized spacial score (nSPS) is 11.5. The van der Waals surface area contributed by atoms with Gasteiger partial charge in [0.15, 0.2) is 0 Å². The maximum Gasteiger partial charge on any atom is 0.263 e. The van der Waals surface area contributed by atoms with Crippen LogP contribution in [0.15, 0.2) is 23.1 Å². The maximum atomic E-state index is 12.5. The highest BCUT2D eigenvalue weighted by Gasteiger charge is 2.21. The molecule has 2 rings (SSSR count). The molecule has 112 valence electrons. The second kappa shape index (κ2) is 5.79. The van der Waals surface area contributed by atoms with Crippen molar-refractivity contribution in [2.45, 2.75) is 25.7 Å². The summed E-state index contributed by atoms with van der Waals surface area (Å²) in [6, 6.07) is 4.91. The number of halogens is 2. The fraction of sp³-hybridized carbons (Fsp3) is 0.231. The van der Waals surface area contributed by atoms with Crippen LogP contribution in [0.5, 0.6) is 0 Å². The first-order valence-electron chi connectivity index (χ1n) is 6.00.